The minimum Gasteiger partial charge on any atom is -0.271 e. The van der Waals surface area contributed by atoms with Gasteiger partial charge in [0.1, 0.15) is 5.82 Å². The summed E-state index contributed by atoms with van der Waals surface area (Å²) >= 11 is 13.3. The van der Waals surface area contributed by atoms with Crippen LogP contribution in [0.4, 0.5) is 4.39 Å². The van der Waals surface area contributed by atoms with Crippen molar-refractivity contribution in [1.29, 1.82) is 0 Å². The number of hydrogen-bond donors (Lipinski definition) is 2. The average Bonchev–Trinajstić information content (AvgIpc) is 2.47. The van der Waals surface area contributed by atoms with Gasteiger partial charge in [-0.3, -0.25) is 11.3 Å². The lowest BCUT2D eigenvalue weighted by Gasteiger charge is -2.16. The summed E-state index contributed by atoms with van der Waals surface area (Å²) in [7, 11) is 0. The third-order valence-corrected chi connectivity index (χ3v) is 4.65. The molecule has 0 heterocycles. The van der Waals surface area contributed by atoms with Crippen LogP contribution in [-0.4, -0.2) is 11.8 Å². The van der Waals surface area contributed by atoms with Crippen LogP contribution in [0, 0.1) is 5.82 Å². The molecule has 0 aliphatic rings. The van der Waals surface area contributed by atoms with Crippen LogP contribution in [0.3, 0.4) is 0 Å². The van der Waals surface area contributed by atoms with Crippen molar-refractivity contribution >= 4 is 35.0 Å². The van der Waals surface area contributed by atoms with Crippen LogP contribution in [0.1, 0.15) is 5.56 Å². The first-order valence-electron chi connectivity index (χ1n) is 6.37. The number of hydrogen-bond acceptors (Lipinski definition) is 3. The highest BCUT2D eigenvalue weighted by atomic mass is 35.5. The molecule has 0 spiro atoms. The summed E-state index contributed by atoms with van der Waals surface area (Å²) < 4.78 is 13.4. The van der Waals surface area contributed by atoms with E-state index in [1.165, 1.54) is 6.07 Å². The Bertz CT molecular complexity index is 610. The average molecular weight is 345 g/mol. The summed E-state index contributed by atoms with van der Waals surface area (Å²) in [5.41, 5.74) is 3.61. The molecular weight excluding hydrogens is 330 g/mol. The molecule has 0 fully saturated rings. The van der Waals surface area contributed by atoms with E-state index in [1.54, 1.807) is 23.9 Å². The van der Waals surface area contributed by atoms with Crippen LogP contribution < -0.4 is 11.3 Å². The van der Waals surface area contributed by atoms with Gasteiger partial charge < -0.3 is 0 Å². The molecule has 0 aromatic heterocycles. The number of nitrogens with one attached hydrogen (secondary N) is 1. The van der Waals surface area contributed by atoms with E-state index in [2.05, 4.69) is 5.43 Å². The second-order valence-electron chi connectivity index (χ2n) is 4.58. The van der Waals surface area contributed by atoms with Crippen molar-refractivity contribution in [3.63, 3.8) is 0 Å². The molecule has 2 aromatic carbocycles. The quantitative estimate of drug-likeness (QED) is 0.466. The maximum Gasteiger partial charge on any atom is 0.142 e. The largest absolute Gasteiger partial charge is 0.271 e. The van der Waals surface area contributed by atoms with E-state index in [4.69, 9.17) is 29.0 Å². The fourth-order valence-electron chi connectivity index (χ4n) is 1.87. The molecule has 2 rings (SSSR count). The zero-order valence-corrected chi connectivity index (χ0v) is 13.5. The van der Waals surface area contributed by atoms with Gasteiger partial charge in [-0.1, -0.05) is 35.3 Å². The predicted molar refractivity (Wildman–Crippen MR) is 88.4 cm³/mol. The lowest BCUT2D eigenvalue weighted by molar-refractivity contribution is 0.570. The Morgan fingerprint density at radius 2 is 2.00 bits per heavy atom. The SMILES string of the molecule is NNC(CSc1cccc(Cl)c1)Cc1ccc(Cl)c(F)c1. The van der Waals surface area contributed by atoms with E-state index in [9.17, 15) is 4.39 Å². The lowest BCUT2D eigenvalue weighted by atomic mass is 10.1. The van der Waals surface area contributed by atoms with E-state index < -0.39 is 5.82 Å². The molecule has 0 aliphatic carbocycles. The summed E-state index contributed by atoms with van der Waals surface area (Å²) in [6, 6.07) is 12.5. The Morgan fingerprint density at radius 1 is 1.19 bits per heavy atom. The van der Waals surface area contributed by atoms with Gasteiger partial charge in [-0.05, 0) is 42.3 Å². The summed E-state index contributed by atoms with van der Waals surface area (Å²) in [5, 5.41) is 0.835. The first kappa shape index (κ1) is 16.6. The second kappa shape index (κ2) is 8.01. The highest BCUT2D eigenvalue weighted by molar-refractivity contribution is 7.99. The highest BCUT2D eigenvalue weighted by Crippen LogP contribution is 2.23. The van der Waals surface area contributed by atoms with Crippen molar-refractivity contribution in [3.8, 4) is 0 Å². The molecule has 1 unspecified atom stereocenters. The Balaban J connectivity index is 1.95. The molecule has 0 radical (unpaired) electrons. The van der Waals surface area contributed by atoms with Gasteiger partial charge in [-0.2, -0.15) is 0 Å². The standard InChI is InChI=1S/C15H15Cl2FN2S/c16-11-2-1-3-13(8-11)21-9-12(20-19)6-10-4-5-14(17)15(18)7-10/h1-5,7-8,12,20H,6,9,19H2. The third-order valence-electron chi connectivity index (χ3n) is 2.95. The summed E-state index contributed by atoms with van der Waals surface area (Å²) in [4.78, 5) is 1.07. The zero-order chi connectivity index (χ0) is 15.2. The van der Waals surface area contributed by atoms with E-state index in [0.717, 1.165) is 16.2 Å². The van der Waals surface area contributed by atoms with Crippen LogP contribution in [0.2, 0.25) is 10.0 Å². The van der Waals surface area contributed by atoms with Gasteiger partial charge in [0.15, 0.2) is 0 Å². The van der Waals surface area contributed by atoms with Crippen LogP contribution in [0.25, 0.3) is 0 Å². The van der Waals surface area contributed by atoms with E-state index in [0.29, 0.717) is 11.4 Å². The van der Waals surface area contributed by atoms with Gasteiger partial charge >= 0.3 is 0 Å². The van der Waals surface area contributed by atoms with Gasteiger partial charge in [-0.15, -0.1) is 11.8 Å². The van der Waals surface area contributed by atoms with E-state index in [-0.39, 0.29) is 11.1 Å². The molecule has 0 saturated carbocycles. The smallest absolute Gasteiger partial charge is 0.142 e. The molecule has 1 atom stereocenters. The molecular formula is C15H15Cl2FN2S. The van der Waals surface area contributed by atoms with Crippen molar-refractivity contribution in [3.05, 3.63) is 63.9 Å². The van der Waals surface area contributed by atoms with Crippen molar-refractivity contribution in [2.24, 2.45) is 5.84 Å². The third kappa shape index (κ3) is 5.16. The van der Waals surface area contributed by atoms with Gasteiger partial charge in [0.05, 0.1) is 5.02 Å². The molecule has 2 nitrogen and oxygen atoms in total. The normalized spacial score (nSPS) is 12.4. The molecule has 2 aromatic rings. The van der Waals surface area contributed by atoms with Crippen molar-refractivity contribution in [1.82, 2.24) is 5.43 Å². The number of benzene rings is 2. The topological polar surface area (TPSA) is 38.0 Å². The predicted octanol–water partition coefficient (Wildman–Crippen LogP) is 4.30. The number of rotatable bonds is 6. The molecule has 0 amide bonds. The first-order valence-corrected chi connectivity index (χ1v) is 8.11. The van der Waals surface area contributed by atoms with Crippen molar-refractivity contribution < 1.29 is 4.39 Å². The summed E-state index contributed by atoms with van der Waals surface area (Å²) in [6.07, 6.45) is 0.623. The molecule has 112 valence electrons. The molecule has 0 saturated heterocycles. The number of thioether (sulfide) groups is 1. The molecule has 6 heteroatoms. The van der Waals surface area contributed by atoms with Crippen LogP contribution in [0.15, 0.2) is 47.4 Å². The Labute approximate surface area is 137 Å². The van der Waals surface area contributed by atoms with Gasteiger partial charge in [0, 0.05) is 21.7 Å². The van der Waals surface area contributed by atoms with E-state index in [1.807, 2.05) is 24.3 Å². The highest BCUT2D eigenvalue weighted by Gasteiger charge is 2.10. The Hall–Kier alpha value is -0.780. The molecule has 21 heavy (non-hydrogen) atoms. The fourth-order valence-corrected chi connectivity index (χ4v) is 3.24. The van der Waals surface area contributed by atoms with Crippen LogP contribution in [-0.2, 0) is 6.42 Å². The zero-order valence-electron chi connectivity index (χ0n) is 11.2. The Kier molecular flexibility index (Phi) is 6.33. The second-order valence-corrected chi connectivity index (χ2v) is 6.52. The monoisotopic (exact) mass is 344 g/mol. The summed E-state index contributed by atoms with van der Waals surface area (Å²) in [6.45, 7) is 0. The molecule has 3 N–H and O–H groups in total. The minimum absolute atomic E-state index is 0.0227. The maximum absolute atomic E-state index is 13.4. The first-order chi connectivity index (χ1) is 10.1. The van der Waals surface area contributed by atoms with Crippen molar-refractivity contribution in [2.45, 2.75) is 17.4 Å². The summed E-state index contributed by atoms with van der Waals surface area (Å²) in [5.74, 6) is 5.91. The van der Waals surface area contributed by atoms with Crippen LogP contribution in [0.5, 0.6) is 0 Å². The van der Waals surface area contributed by atoms with Gasteiger partial charge in [-0.25, -0.2) is 4.39 Å². The van der Waals surface area contributed by atoms with Gasteiger partial charge in [0.25, 0.3) is 0 Å². The maximum atomic E-state index is 13.4. The Morgan fingerprint density at radius 3 is 2.67 bits per heavy atom. The number of hydrazine groups is 1. The van der Waals surface area contributed by atoms with E-state index >= 15 is 0 Å². The number of nitrogens with two attached hydrogens (primary N) is 1. The number of halogens is 3. The fraction of sp³-hybridized carbons (Fsp3) is 0.200. The van der Waals surface area contributed by atoms with Crippen molar-refractivity contribution in [2.75, 3.05) is 5.75 Å². The minimum atomic E-state index is -0.410. The van der Waals surface area contributed by atoms with Gasteiger partial charge in [0.2, 0.25) is 0 Å². The van der Waals surface area contributed by atoms with Crippen LogP contribution >= 0.6 is 35.0 Å². The molecule has 0 bridgehead atoms. The lowest BCUT2D eigenvalue weighted by Crippen LogP contribution is -2.38. The molecule has 0 aliphatic heterocycles.